The number of hydrogen-bond acceptors (Lipinski definition) is 7. The van der Waals surface area contributed by atoms with Gasteiger partial charge in [0, 0.05) is 17.4 Å². The van der Waals surface area contributed by atoms with Crippen molar-refractivity contribution in [3.63, 3.8) is 0 Å². The summed E-state index contributed by atoms with van der Waals surface area (Å²) in [6, 6.07) is 3.41. The van der Waals surface area contributed by atoms with Crippen molar-refractivity contribution in [3.05, 3.63) is 45.7 Å². The Balaban J connectivity index is 1.65. The zero-order valence-corrected chi connectivity index (χ0v) is 21.3. The van der Waals surface area contributed by atoms with E-state index >= 15 is 0 Å². The number of aromatic hydroxyl groups is 1. The number of Topliss-reactive ketones (excluding diaryl/α,β-unsaturated/α-hetero) is 2. The lowest BCUT2D eigenvalue weighted by molar-refractivity contribution is -0.155. The van der Waals surface area contributed by atoms with Crippen LogP contribution in [0.2, 0.25) is 0 Å². The molecule has 0 aromatic heterocycles. The number of primary amides is 1. The van der Waals surface area contributed by atoms with Crippen LogP contribution in [-0.2, 0) is 27.2 Å². The van der Waals surface area contributed by atoms with Crippen molar-refractivity contribution in [3.8, 4) is 5.75 Å². The maximum Gasteiger partial charge on any atom is 0.255 e. The normalized spacial score (nSPS) is 30.3. The van der Waals surface area contributed by atoms with Crippen LogP contribution < -0.4 is 5.73 Å². The monoisotopic (exact) mass is 509 g/mol. The minimum absolute atomic E-state index is 0.0939. The minimum Gasteiger partial charge on any atom is -0.508 e. The zero-order chi connectivity index (χ0) is 26.8. The molecule has 0 bridgehead atoms. The van der Waals surface area contributed by atoms with Crippen LogP contribution in [-0.4, -0.2) is 43.5 Å². The second kappa shape index (κ2) is 9.01. The molecule has 2 fully saturated rings. The lowest BCUT2D eigenvalue weighted by Crippen LogP contribution is -2.62. The van der Waals surface area contributed by atoms with E-state index in [0.717, 1.165) is 30.4 Å². The number of phenolic OH excluding ortho intramolecular Hbond substituents is 1. The van der Waals surface area contributed by atoms with Gasteiger partial charge in [-0.3, -0.25) is 14.4 Å². The first-order valence-corrected chi connectivity index (χ1v) is 13.3. The van der Waals surface area contributed by atoms with Crippen LogP contribution in [0.3, 0.4) is 0 Å². The highest BCUT2D eigenvalue weighted by Gasteiger charge is 2.64. The van der Waals surface area contributed by atoms with Crippen LogP contribution in [0.4, 0.5) is 0 Å². The number of fused-ring (bicyclic) bond motifs is 3. The largest absolute Gasteiger partial charge is 0.508 e. The molecule has 4 aliphatic rings. The quantitative estimate of drug-likeness (QED) is 0.389. The highest BCUT2D eigenvalue weighted by Crippen LogP contribution is 2.55. The molecule has 8 heteroatoms. The fourth-order valence-corrected chi connectivity index (χ4v) is 7.44. The molecule has 1 aromatic carbocycles. The van der Waals surface area contributed by atoms with Gasteiger partial charge in [-0.25, -0.2) is 0 Å². The molecule has 2 saturated carbocycles. The van der Waals surface area contributed by atoms with Gasteiger partial charge < -0.3 is 26.2 Å². The molecule has 4 aliphatic carbocycles. The average molecular weight is 510 g/mol. The molecule has 0 unspecified atom stereocenters. The number of amides is 1. The Morgan fingerprint density at radius 2 is 1.78 bits per heavy atom. The van der Waals surface area contributed by atoms with Crippen LogP contribution >= 0.6 is 0 Å². The fraction of sp³-hybridized carbons (Fsp3) is 0.552. The van der Waals surface area contributed by atoms with Gasteiger partial charge >= 0.3 is 0 Å². The molecule has 8 nitrogen and oxygen atoms in total. The second-order valence-corrected chi connectivity index (χ2v) is 11.6. The van der Waals surface area contributed by atoms with Gasteiger partial charge in [0.05, 0.1) is 5.56 Å². The first kappa shape index (κ1) is 25.5. The summed E-state index contributed by atoms with van der Waals surface area (Å²) < 4.78 is 0. The van der Waals surface area contributed by atoms with Gasteiger partial charge in [0.15, 0.2) is 11.4 Å². The zero-order valence-electron chi connectivity index (χ0n) is 21.3. The Morgan fingerprint density at radius 3 is 2.41 bits per heavy atom. The number of ketones is 2. The highest BCUT2D eigenvalue weighted by atomic mass is 16.3. The molecule has 0 heterocycles. The number of benzene rings is 1. The maximum absolute atomic E-state index is 13.9. The van der Waals surface area contributed by atoms with Gasteiger partial charge in [-0.1, -0.05) is 52.0 Å². The topological polar surface area (TPSA) is 158 Å². The van der Waals surface area contributed by atoms with Crippen LogP contribution in [0.5, 0.6) is 5.75 Å². The van der Waals surface area contributed by atoms with E-state index in [0.29, 0.717) is 12.3 Å². The Bertz CT molecular complexity index is 1250. The molecule has 4 atom stereocenters. The molecule has 1 amide bonds. The molecular weight excluding hydrogens is 474 g/mol. The third-order valence-electron chi connectivity index (χ3n) is 9.18. The first-order valence-electron chi connectivity index (χ1n) is 13.3. The number of phenols is 1. The molecule has 5 rings (SSSR count). The van der Waals surface area contributed by atoms with Gasteiger partial charge in [0.2, 0.25) is 5.78 Å². The van der Waals surface area contributed by atoms with E-state index in [1.54, 1.807) is 13.8 Å². The van der Waals surface area contributed by atoms with Gasteiger partial charge in [0.25, 0.3) is 5.91 Å². The predicted octanol–water partition coefficient (Wildman–Crippen LogP) is 3.43. The van der Waals surface area contributed by atoms with E-state index in [2.05, 4.69) is 0 Å². The maximum atomic E-state index is 13.9. The lowest BCUT2D eigenvalue weighted by atomic mass is 9.54. The van der Waals surface area contributed by atoms with Crippen molar-refractivity contribution < 1.29 is 34.8 Å². The number of aliphatic hydroxyl groups excluding tert-OH is 2. The van der Waals surface area contributed by atoms with Crippen molar-refractivity contribution in [2.24, 2.45) is 35.3 Å². The van der Waals surface area contributed by atoms with E-state index in [-0.39, 0.29) is 29.2 Å². The summed E-state index contributed by atoms with van der Waals surface area (Å²) in [7, 11) is 0. The van der Waals surface area contributed by atoms with Crippen LogP contribution in [0.15, 0.2) is 29.0 Å². The third-order valence-corrected chi connectivity index (χ3v) is 9.18. The number of carbonyl (C=O) groups excluding carboxylic acids is 3. The van der Waals surface area contributed by atoms with Gasteiger partial charge in [-0.2, -0.15) is 0 Å². The van der Waals surface area contributed by atoms with E-state index in [4.69, 9.17) is 5.73 Å². The van der Waals surface area contributed by atoms with Crippen molar-refractivity contribution in [2.45, 2.75) is 70.8 Å². The predicted molar refractivity (Wildman–Crippen MR) is 135 cm³/mol. The Morgan fingerprint density at radius 1 is 1.11 bits per heavy atom. The number of carbonyl (C=O) groups is 3. The van der Waals surface area contributed by atoms with Crippen molar-refractivity contribution in [1.82, 2.24) is 0 Å². The summed E-state index contributed by atoms with van der Waals surface area (Å²) in [6.45, 7) is 3.52. The fourth-order valence-electron chi connectivity index (χ4n) is 7.44. The number of aliphatic hydroxyl groups is 3. The molecule has 0 aliphatic heterocycles. The van der Waals surface area contributed by atoms with Gasteiger partial charge in [-0.15, -0.1) is 0 Å². The molecule has 1 aromatic rings. The molecule has 6 N–H and O–H groups in total. The van der Waals surface area contributed by atoms with Crippen molar-refractivity contribution in [2.75, 3.05) is 0 Å². The van der Waals surface area contributed by atoms with Crippen LogP contribution in [0.1, 0.15) is 69.1 Å². The molecule has 198 valence electrons. The Kier molecular flexibility index (Phi) is 6.21. The van der Waals surface area contributed by atoms with E-state index in [9.17, 15) is 34.8 Å². The van der Waals surface area contributed by atoms with Gasteiger partial charge in [-0.05, 0) is 54.2 Å². The van der Waals surface area contributed by atoms with Crippen molar-refractivity contribution in [1.29, 1.82) is 0 Å². The summed E-state index contributed by atoms with van der Waals surface area (Å²) >= 11 is 0. The SMILES string of the molecule is CC(C)[C@@H]1C(=O)C(C(N)=O)=C(O)[C@@]2(O)C(=O)C3=C(O)c4c(O)ccc(CC5CCCCC5)c4C[C@H]3C[C@@H]12. The molecule has 0 spiro atoms. The second-order valence-electron chi connectivity index (χ2n) is 11.6. The summed E-state index contributed by atoms with van der Waals surface area (Å²) in [5.41, 5.74) is 3.94. The summed E-state index contributed by atoms with van der Waals surface area (Å²) in [5, 5.41) is 44.7. The summed E-state index contributed by atoms with van der Waals surface area (Å²) in [5.74, 6) is -6.72. The van der Waals surface area contributed by atoms with E-state index in [1.165, 1.54) is 25.3 Å². The Hall–Kier alpha value is -3.13. The minimum atomic E-state index is -2.57. The van der Waals surface area contributed by atoms with E-state index in [1.807, 2.05) is 6.07 Å². The van der Waals surface area contributed by atoms with Crippen LogP contribution in [0, 0.1) is 29.6 Å². The molecule has 0 radical (unpaired) electrons. The summed E-state index contributed by atoms with van der Waals surface area (Å²) in [6.07, 6.45) is 7.19. The molecule has 0 saturated heterocycles. The van der Waals surface area contributed by atoms with Crippen LogP contribution in [0.25, 0.3) is 5.76 Å². The highest BCUT2D eigenvalue weighted by molar-refractivity contribution is 6.23. The lowest BCUT2D eigenvalue weighted by Gasteiger charge is -2.50. The standard InChI is InChI=1S/C29H35NO7/c1-13(2)20-18-12-16-11-17-15(10-14-6-4-3-5-7-14)8-9-19(31)22(17)25(33)21(16)26(34)29(18,37)27(35)23(24(20)32)28(30)36/h8-9,13-14,16,18,20,31,33,35,37H,3-7,10-12H2,1-2H3,(H2,30,36)/t16-,18-,20-,29-/m0/s1. The number of hydrogen-bond donors (Lipinski definition) is 5. The molecular formula is C29H35NO7. The third kappa shape index (κ3) is 3.71. The average Bonchev–Trinajstić information content (AvgIpc) is 2.83. The smallest absolute Gasteiger partial charge is 0.255 e. The first-order chi connectivity index (χ1) is 17.5. The molecule has 37 heavy (non-hydrogen) atoms. The number of rotatable bonds is 4. The van der Waals surface area contributed by atoms with E-state index < -0.39 is 57.9 Å². The van der Waals surface area contributed by atoms with Gasteiger partial charge in [0.1, 0.15) is 22.8 Å². The Labute approximate surface area is 215 Å². The number of nitrogens with two attached hydrogens (primary N) is 1. The summed E-state index contributed by atoms with van der Waals surface area (Å²) in [4.78, 5) is 39.2. The van der Waals surface area contributed by atoms with Crippen molar-refractivity contribution >= 4 is 23.2 Å².